The second-order valence-electron chi connectivity index (χ2n) is 8.46. The van der Waals surface area contributed by atoms with Gasteiger partial charge in [-0.25, -0.2) is 0 Å². The van der Waals surface area contributed by atoms with E-state index in [9.17, 15) is 0 Å². The molecule has 0 amide bonds. The van der Waals surface area contributed by atoms with E-state index in [2.05, 4.69) is 57.2 Å². The van der Waals surface area contributed by atoms with E-state index in [-0.39, 0.29) is 6.29 Å². The third-order valence-corrected chi connectivity index (χ3v) is 6.27. The van der Waals surface area contributed by atoms with Crippen molar-refractivity contribution in [2.75, 3.05) is 13.2 Å². The number of ether oxygens (including phenoxy) is 3. The van der Waals surface area contributed by atoms with Crippen LogP contribution in [0.3, 0.4) is 0 Å². The largest absolute Gasteiger partial charge is 0.491 e. The lowest BCUT2D eigenvalue weighted by molar-refractivity contribution is -0.0880. The first-order chi connectivity index (χ1) is 14.7. The molecule has 0 aliphatic heterocycles. The minimum atomic E-state index is -0.253. The van der Waals surface area contributed by atoms with Crippen LogP contribution in [0.2, 0.25) is 0 Å². The number of benzene rings is 2. The van der Waals surface area contributed by atoms with Crippen LogP contribution in [0.5, 0.6) is 11.5 Å². The first-order valence-electron chi connectivity index (χ1n) is 11.8. The van der Waals surface area contributed by atoms with Gasteiger partial charge in [0, 0.05) is 6.42 Å². The van der Waals surface area contributed by atoms with E-state index in [1.54, 1.807) is 0 Å². The molecule has 0 radical (unpaired) electrons. The zero-order valence-corrected chi connectivity index (χ0v) is 18.9. The molecular weight excluding hydrogens is 372 g/mol. The summed E-state index contributed by atoms with van der Waals surface area (Å²) in [5, 5.41) is 0. The smallest absolute Gasteiger partial charge is 0.199 e. The van der Waals surface area contributed by atoms with Gasteiger partial charge in [0.05, 0.1) is 6.61 Å². The molecular formula is C27H38O3. The van der Waals surface area contributed by atoms with Crippen LogP contribution < -0.4 is 9.47 Å². The van der Waals surface area contributed by atoms with Gasteiger partial charge in [0.25, 0.3) is 0 Å². The van der Waals surface area contributed by atoms with Crippen molar-refractivity contribution in [2.24, 2.45) is 0 Å². The Kier molecular flexibility index (Phi) is 9.07. The summed E-state index contributed by atoms with van der Waals surface area (Å²) < 4.78 is 17.7. The first-order valence-corrected chi connectivity index (χ1v) is 11.8. The predicted octanol–water partition coefficient (Wildman–Crippen LogP) is 7.46. The van der Waals surface area contributed by atoms with Crippen LogP contribution in [0.15, 0.2) is 48.5 Å². The van der Waals surface area contributed by atoms with Crippen LogP contribution in [0.25, 0.3) is 0 Å². The molecule has 2 aromatic carbocycles. The lowest BCUT2D eigenvalue weighted by Crippen LogP contribution is -2.22. The van der Waals surface area contributed by atoms with Gasteiger partial charge in [-0.2, -0.15) is 0 Å². The highest BCUT2D eigenvalue weighted by Crippen LogP contribution is 2.33. The highest BCUT2D eigenvalue weighted by atomic mass is 16.7. The van der Waals surface area contributed by atoms with Crippen molar-refractivity contribution in [3.8, 4) is 11.5 Å². The summed E-state index contributed by atoms with van der Waals surface area (Å²) in [4.78, 5) is 0. The minimum Gasteiger partial charge on any atom is -0.491 e. The molecule has 1 saturated carbocycles. The van der Waals surface area contributed by atoms with Gasteiger partial charge in [0.1, 0.15) is 18.1 Å². The summed E-state index contributed by atoms with van der Waals surface area (Å²) in [5.74, 6) is 3.07. The summed E-state index contributed by atoms with van der Waals surface area (Å²) in [6, 6.07) is 17.0. The Hall–Kier alpha value is -2.00. The molecule has 0 bridgehead atoms. The van der Waals surface area contributed by atoms with Crippen LogP contribution >= 0.6 is 0 Å². The predicted molar refractivity (Wildman–Crippen MR) is 124 cm³/mol. The standard InChI is InChI=1S/C27H38O3/c1-4-21(3)22-11-17-26(18-12-22)30-27(5-2)29-20-19-28-25-15-13-24(14-16-25)23-9-7-6-8-10-23/h11-18,21,23,27H,4-10,19-20H2,1-3H3. The summed E-state index contributed by atoms with van der Waals surface area (Å²) >= 11 is 0. The van der Waals surface area contributed by atoms with E-state index in [1.807, 2.05) is 12.1 Å². The average Bonchev–Trinajstić information content (AvgIpc) is 2.82. The van der Waals surface area contributed by atoms with Gasteiger partial charge >= 0.3 is 0 Å². The molecule has 0 saturated heterocycles. The van der Waals surface area contributed by atoms with Crippen molar-refractivity contribution in [1.82, 2.24) is 0 Å². The van der Waals surface area contributed by atoms with Crippen LogP contribution in [0, 0.1) is 0 Å². The first kappa shape index (κ1) is 22.7. The fourth-order valence-corrected chi connectivity index (χ4v) is 4.11. The monoisotopic (exact) mass is 410 g/mol. The van der Waals surface area contributed by atoms with Gasteiger partial charge in [-0.15, -0.1) is 0 Å². The molecule has 3 rings (SSSR count). The van der Waals surface area contributed by atoms with Crippen molar-refractivity contribution in [2.45, 2.75) is 83.8 Å². The molecule has 0 heterocycles. The van der Waals surface area contributed by atoms with Gasteiger partial charge in [-0.3, -0.25) is 0 Å². The summed E-state index contributed by atoms with van der Waals surface area (Å²) in [7, 11) is 0. The molecule has 2 aromatic rings. The fourth-order valence-electron chi connectivity index (χ4n) is 4.11. The third-order valence-electron chi connectivity index (χ3n) is 6.27. The molecule has 164 valence electrons. The van der Waals surface area contributed by atoms with E-state index in [0.29, 0.717) is 19.1 Å². The second kappa shape index (κ2) is 12.0. The summed E-state index contributed by atoms with van der Waals surface area (Å²) in [5.41, 5.74) is 2.80. The van der Waals surface area contributed by atoms with Gasteiger partial charge in [0.2, 0.25) is 0 Å². The maximum atomic E-state index is 5.99. The van der Waals surface area contributed by atoms with Crippen LogP contribution in [-0.4, -0.2) is 19.5 Å². The molecule has 1 aliphatic rings. The maximum Gasteiger partial charge on any atom is 0.199 e. The number of hydrogen-bond acceptors (Lipinski definition) is 3. The van der Waals surface area contributed by atoms with E-state index >= 15 is 0 Å². The molecule has 30 heavy (non-hydrogen) atoms. The number of rotatable bonds is 11. The zero-order chi connectivity index (χ0) is 21.2. The normalized spacial score (nSPS) is 16.8. The SMILES string of the molecule is CCC(OCCOc1ccc(C2CCCCC2)cc1)Oc1ccc(C(C)CC)cc1. The van der Waals surface area contributed by atoms with Crippen molar-refractivity contribution in [3.05, 3.63) is 59.7 Å². The van der Waals surface area contributed by atoms with E-state index in [4.69, 9.17) is 14.2 Å². The molecule has 0 N–H and O–H groups in total. The Morgan fingerprint density at radius 1 is 0.800 bits per heavy atom. The molecule has 0 aromatic heterocycles. The Morgan fingerprint density at radius 2 is 1.47 bits per heavy atom. The van der Waals surface area contributed by atoms with Gasteiger partial charge in [0.15, 0.2) is 6.29 Å². The quantitative estimate of drug-likeness (QED) is 0.284. The molecule has 3 heteroatoms. The Bertz CT molecular complexity index is 717. The molecule has 3 nitrogen and oxygen atoms in total. The van der Waals surface area contributed by atoms with Crippen molar-refractivity contribution in [3.63, 3.8) is 0 Å². The fraction of sp³-hybridized carbons (Fsp3) is 0.556. The highest BCUT2D eigenvalue weighted by molar-refractivity contribution is 5.30. The van der Waals surface area contributed by atoms with Crippen molar-refractivity contribution >= 4 is 0 Å². The lowest BCUT2D eigenvalue weighted by Gasteiger charge is -2.22. The highest BCUT2D eigenvalue weighted by Gasteiger charge is 2.15. The Balaban J connectivity index is 1.39. The topological polar surface area (TPSA) is 27.7 Å². The van der Waals surface area contributed by atoms with E-state index in [1.165, 1.54) is 43.2 Å². The Morgan fingerprint density at radius 3 is 2.10 bits per heavy atom. The molecule has 2 unspecified atom stereocenters. The van der Waals surface area contributed by atoms with Crippen molar-refractivity contribution < 1.29 is 14.2 Å². The minimum absolute atomic E-state index is 0.253. The molecule has 1 aliphatic carbocycles. The van der Waals surface area contributed by atoms with E-state index in [0.717, 1.165) is 30.3 Å². The summed E-state index contributed by atoms with van der Waals surface area (Å²) in [6.07, 6.45) is 8.46. The average molecular weight is 411 g/mol. The van der Waals surface area contributed by atoms with Crippen LogP contribution in [-0.2, 0) is 4.74 Å². The second-order valence-corrected chi connectivity index (χ2v) is 8.46. The zero-order valence-electron chi connectivity index (χ0n) is 18.9. The van der Waals surface area contributed by atoms with Crippen LogP contribution in [0.4, 0.5) is 0 Å². The summed E-state index contributed by atoms with van der Waals surface area (Å²) in [6.45, 7) is 7.56. The van der Waals surface area contributed by atoms with Gasteiger partial charge in [-0.05, 0) is 66.5 Å². The third kappa shape index (κ3) is 6.77. The number of hydrogen-bond donors (Lipinski definition) is 0. The van der Waals surface area contributed by atoms with E-state index < -0.39 is 0 Å². The lowest BCUT2D eigenvalue weighted by atomic mass is 9.84. The van der Waals surface area contributed by atoms with Gasteiger partial charge in [-0.1, -0.05) is 64.3 Å². The maximum absolute atomic E-state index is 5.99. The molecule has 1 fully saturated rings. The molecule has 0 spiro atoms. The van der Waals surface area contributed by atoms with Gasteiger partial charge < -0.3 is 14.2 Å². The Labute approximate surface area is 182 Å². The van der Waals surface area contributed by atoms with Crippen molar-refractivity contribution in [1.29, 1.82) is 0 Å². The molecule has 2 atom stereocenters. The van der Waals surface area contributed by atoms with Crippen LogP contribution in [0.1, 0.15) is 88.7 Å².